The lowest BCUT2D eigenvalue weighted by Gasteiger charge is -2.28. The molecule has 4 nitrogen and oxygen atoms in total. The van der Waals surface area contributed by atoms with E-state index in [0.717, 1.165) is 29.7 Å². The zero-order valence-electron chi connectivity index (χ0n) is 12.8. The van der Waals surface area contributed by atoms with Crippen LogP contribution in [0.2, 0.25) is 0 Å². The van der Waals surface area contributed by atoms with Gasteiger partial charge in [-0.3, -0.25) is 4.79 Å². The number of carbonyl (C=O) groups is 1. The molecular weight excluding hydrogens is 266 g/mol. The molecule has 1 saturated carbocycles. The average molecular weight is 289 g/mol. The van der Waals surface area contributed by atoms with Gasteiger partial charge in [0.1, 0.15) is 5.75 Å². The molecule has 4 heteroatoms. The SMILES string of the molecule is COc1ccc(/C(C)=C/C(=O)NC(C)(CO)C2CC2)cc1. The summed E-state index contributed by atoms with van der Waals surface area (Å²) in [7, 11) is 1.62. The van der Waals surface area contributed by atoms with Gasteiger partial charge in [0, 0.05) is 6.08 Å². The van der Waals surface area contributed by atoms with E-state index in [1.165, 1.54) is 0 Å². The van der Waals surface area contributed by atoms with Crippen LogP contribution in [0.4, 0.5) is 0 Å². The summed E-state index contributed by atoms with van der Waals surface area (Å²) in [6.45, 7) is 3.77. The van der Waals surface area contributed by atoms with Gasteiger partial charge < -0.3 is 15.2 Å². The number of methoxy groups -OCH3 is 1. The first-order valence-corrected chi connectivity index (χ1v) is 7.24. The fourth-order valence-electron chi connectivity index (χ4n) is 2.44. The highest BCUT2D eigenvalue weighted by Crippen LogP contribution is 2.39. The van der Waals surface area contributed by atoms with Crippen LogP contribution < -0.4 is 10.1 Å². The second-order valence-electron chi connectivity index (χ2n) is 5.89. The van der Waals surface area contributed by atoms with E-state index in [4.69, 9.17) is 4.74 Å². The van der Waals surface area contributed by atoms with Gasteiger partial charge >= 0.3 is 0 Å². The number of nitrogens with one attached hydrogen (secondary N) is 1. The zero-order valence-corrected chi connectivity index (χ0v) is 12.8. The van der Waals surface area contributed by atoms with Gasteiger partial charge in [-0.05, 0) is 55.9 Å². The summed E-state index contributed by atoms with van der Waals surface area (Å²) in [4.78, 5) is 12.1. The summed E-state index contributed by atoms with van der Waals surface area (Å²) in [5, 5.41) is 12.4. The maximum absolute atomic E-state index is 12.1. The minimum atomic E-state index is -0.506. The highest BCUT2D eigenvalue weighted by atomic mass is 16.5. The van der Waals surface area contributed by atoms with Gasteiger partial charge in [-0.15, -0.1) is 0 Å². The summed E-state index contributed by atoms with van der Waals surface area (Å²) in [5.74, 6) is 1.02. The van der Waals surface area contributed by atoms with Crippen molar-refractivity contribution in [3.63, 3.8) is 0 Å². The molecule has 1 aromatic rings. The van der Waals surface area contributed by atoms with Crippen molar-refractivity contribution in [1.82, 2.24) is 5.32 Å². The number of hydrogen-bond acceptors (Lipinski definition) is 3. The van der Waals surface area contributed by atoms with Crippen LogP contribution in [0, 0.1) is 5.92 Å². The maximum atomic E-state index is 12.1. The molecule has 0 aliphatic heterocycles. The van der Waals surface area contributed by atoms with Crippen LogP contribution in [0.3, 0.4) is 0 Å². The topological polar surface area (TPSA) is 58.6 Å². The Balaban J connectivity index is 2.04. The Hall–Kier alpha value is -1.81. The summed E-state index contributed by atoms with van der Waals surface area (Å²) in [6, 6.07) is 7.58. The molecule has 0 radical (unpaired) electrons. The van der Waals surface area contributed by atoms with Crippen LogP contribution >= 0.6 is 0 Å². The fraction of sp³-hybridized carbons (Fsp3) is 0.471. The van der Waals surface area contributed by atoms with E-state index < -0.39 is 5.54 Å². The molecule has 21 heavy (non-hydrogen) atoms. The van der Waals surface area contributed by atoms with E-state index in [9.17, 15) is 9.90 Å². The van der Waals surface area contributed by atoms with Crippen molar-refractivity contribution in [2.45, 2.75) is 32.2 Å². The van der Waals surface area contributed by atoms with Gasteiger partial charge in [-0.1, -0.05) is 12.1 Å². The summed E-state index contributed by atoms with van der Waals surface area (Å²) in [5.41, 5.74) is 1.35. The third-order valence-corrected chi connectivity index (χ3v) is 4.11. The van der Waals surface area contributed by atoms with Crippen molar-refractivity contribution in [3.8, 4) is 5.75 Å². The molecule has 114 valence electrons. The molecule has 1 amide bonds. The number of rotatable bonds is 6. The Kier molecular flexibility index (Phi) is 4.68. The monoisotopic (exact) mass is 289 g/mol. The fourth-order valence-corrected chi connectivity index (χ4v) is 2.44. The standard InChI is InChI=1S/C17H23NO3/c1-12(13-4-8-15(21-3)9-5-13)10-16(20)18-17(2,11-19)14-6-7-14/h4-5,8-10,14,19H,6-7,11H2,1-3H3,(H,18,20)/b12-10+. The summed E-state index contributed by atoms with van der Waals surface area (Å²) in [6.07, 6.45) is 3.72. The van der Waals surface area contributed by atoms with Gasteiger partial charge in [-0.2, -0.15) is 0 Å². The van der Waals surface area contributed by atoms with Crippen LogP contribution in [0.25, 0.3) is 5.57 Å². The highest BCUT2D eigenvalue weighted by molar-refractivity contribution is 5.95. The van der Waals surface area contributed by atoms with E-state index in [1.54, 1.807) is 13.2 Å². The lowest BCUT2D eigenvalue weighted by molar-refractivity contribution is -0.119. The van der Waals surface area contributed by atoms with Gasteiger partial charge in [0.2, 0.25) is 5.91 Å². The van der Waals surface area contributed by atoms with E-state index in [1.807, 2.05) is 38.1 Å². The predicted octanol–water partition coefficient (Wildman–Crippen LogP) is 2.38. The molecule has 0 aromatic heterocycles. The van der Waals surface area contributed by atoms with Crippen molar-refractivity contribution in [3.05, 3.63) is 35.9 Å². The number of amides is 1. The van der Waals surface area contributed by atoms with Crippen LogP contribution in [-0.4, -0.2) is 30.3 Å². The Bertz CT molecular complexity index is 531. The highest BCUT2D eigenvalue weighted by Gasteiger charge is 2.41. The molecule has 1 aromatic carbocycles. The molecule has 1 atom stereocenters. The quantitative estimate of drug-likeness (QED) is 0.791. The smallest absolute Gasteiger partial charge is 0.244 e. The minimum Gasteiger partial charge on any atom is -0.497 e. The predicted molar refractivity (Wildman–Crippen MR) is 83.0 cm³/mol. The van der Waals surface area contributed by atoms with Crippen molar-refractivity contribution in [2.75, 3.05) is 13.7 Å². The van der Waals surface area contributed by atoms with Gasteiger partial charge in [0.25, 0.3) is 0 Å². The zero-order chi connectivity index (χ0) is 15.5. The van der Waals surface area contributed by atoms with E-state index in [0.29, 0.717) is 5.92 Å². The Labute approximate surface area is 125 Å². The summed E-state index contributed by atoms with van der Waals surface area (Å²) >= 11 is 0. The van der Waals surface area contributed by atoms with Gasteiger partial charge in [-0.25, -0.2) is 0 Å². The third-order valence-electron chi connectivity index (χ3n) is 4.11. The number of aliphatic hydroxyl groups is 1. The molecular formula is C17H23NO3. The second kappa shape index (κ2) is 6.31. The molecule has 1 unspecified atom stereocenters. The van der Waals surface area contributed by atoms with E-state index >= 15 is 0 Å². The molecule has 2 N–H and O–H groups in total. The molecule has 0 spiro atoms. The Morgan fingerprint density at radius 1 is 1.43 bits per heavy atom. The minimum absolute atomic E-state index is 0.0289. The molecule has 2 rings (SSSR count). The first-order valence-electron chi connectivity index (χ1n) is 7.24. The van der Waals surface area contributed by atoms with Crippen molar-refractivity contribution < 1.29 is 14.6 Å². The first-order chi connectivity index (χ1) is 9.98. The number of hydrogen-bond donors (Lipinski definition) is 2. The number of benzene rings is 1. The molecule has 1 aliphatic carbocycles. The number of carbonyl (C=O) groups excluding carboxylic acids is 1. The van der Waals surface area contributed by atoms with Gasteiger partial charge in [0.15, 0.2) is 0 Å². The molecule has 1 fully saturated rings. The lowest BCUT2D eigenvalue weighted by Crippen LogP contribution is -2.50. The Morgan fingerprint density at radius 2 is 2.05 bits per heavy atom. The number of allylic oxidation sites excluding steroid dienone is 1. The van der Waals surface area contributed by atoms with Gasteiger partial charge in [0.05, 0.1) is 19.3 Å². The van der Waals surface area contributed by atoms with Crippen LogP contribution in [0.1, 0.15) is 32.3 Å². The molecule has 0 heterocycles. The average Bonchev–Trinajstić information content (AvgIpc) is 3.32. The summed E-state index contributed by atoms with van der Waals surface area (Å²) < 4.78 is 5.12. The lowest BCUT2D eigenvalue weighted by atomic mass is 9.96. The van der Waals surface area contributed by atoms with Crippen molar-refractivity contribution in [1.29, 1.82) is 0 Å². The first kappa shape index (κ1) is 15.6. The van der Waals surface area contributed by atoms with Crippen molar-refractivity contribution >= 4 is 11.5 Å². The third kappa shape index (κ3) is 3.85. The van der Waals surface area contributed by atoms with Crippen molar-refractivity contribution in [2.24, 2.45) is 5.92 Å². The Morgan fingerprint density at radius 3 is 2.52 bits per heavy atom. The second-order valence-corrected chi connectivity index (χ2v) is 5.89. The van der Waals surface area contributed by atoms with Crippen LogP contribution in [0.15, 0.2) is 30.3 Å². The van der Waals surface area contributed by atoms with E-state index in [-0.39, 0.29) is 12.5 Å². The molecule has 1 aliphatic rings. The van der Waals surface area contributed by atoms with Crippen LogP contribution in [0.5, 0.6) is 5.75 Å². The normalized spacial score (nSPS) is 18.0. The van der Waals surface area contributed by atoms with Crippen LogP contribution in [-0.2, 0) is 4.79 Å². The van der Waals surface area contributed by atoms with E-state index in [2.05, 4.69) is 5.32 Å². The number of aliphatic hydroxyl groups excluding tert-OH is 1. The molecule has 0 bridgehead atoms. The molecule has 0 saturated heterocycles. The largest absolute Gasteiger partial charge is 0.497 e. The number of ether oxygens (including phenoxy) is 1. The maximum Gasteiger partial charge on any atom is 0.244 e.